The van der Waals surface area contributed by atoms with E-state index in [2.05, 4.69) is 15.9 Å². The number of carbonyl (C=O) groups is 1. The highest BCUT2D eigenvalue weighted by atomic mass is 79.9. The van der Waals surface area contributed by atoms with Gasteiger partial charge in [0.05, 0.1) is 11.7 Å². The van der Waals surface area contributed by atoms with Crippen molar-refractivity contribution < 1.29 is 13.6 Å². The Balaban J connectivity index is 1.83. The Kier molecular flexibility index (Phi) is 4.71. The van der Waals surface area contributed by atoms with E-state index in [-0.39, 0.29) is 6.04 Å². The second kappa shape index (κ2) is 6.76. The maximum absolute atomic E-state index is 13.4. The van der Waals surface area contributed by atoms with E-state index in [4.69, 9.17) is 5.73 Å². The van der Waals surface area contributed by atoms with Crippen LogP contribution in [0, 0.1) is 11.6 Å². The van der Waals surface area contributed by atoms with Gasteiger partial charge in [-0.15, -0.1) is 0 Å². The molecule has 7 heteroatoms. The molecule has 0 spiro atoms. The van der Waals surface area contributed by atoms with Crippen molar-refractivity contribution in [1.29, 1.82) is 0 Å². The molecule has 3 rings (SSSR count). The van der Waals surface area contributed by atoms with Crippen LogP contribution in [0.3, 0.4) is 0 Å². The number of nitrogens with two attached hydrogens (primary N) is 1. The molecule has 0 unspecified atom stereocenters. The van der Waals surface area contributed by atoms with E-state index >= 15 is 0 Å². The highest BCUT2D eigenvalue weighted by Crippen LogP contribution is 2.31. The standard InChI is InChI=1S/C17H16BrF2N3O/c18-13-3-1-2-4-16(13)23(17(21)24)12-7-8-22(10-12)11-5-6-14(19)15(20)9-11/h1-6,9,12H,7-8,10H2,(H2,21,24)/t12-/m1/s1. The van der Waals surface area contributed by atoms with Crippen LogP contribution >= 0.6 is 15.9 Å². The molecule has 0 aromatic heterocycles. The lowest BCUT2D eigenvalue weighted by atomic mass is 10.2. The van der Waals surface area contributed by atoms with Crippen molar-refractivity contribution in [2.75, 3.05) is 22.9 Å². The summed E-state index contributed by atoms with van der Waals surface area (Å²) in [6, 6.07) is 10.5. The number of benzene rings is 2. The summed E-state index contributed by atoms with van der Waals surface area (Å²) in [5.41, 5.74) is 6.87. The number of urea groups is 1. The first-order chi connectivity index (χ1) is 11.5. The highest BCUT2D eigenvalue weighted by Gasteiger charge is 2.32. The number of halogens is 3. The molecule has 0 saturated carbocycles. The topological polar surface area (TPSA) is 49.6 Å². The van der Waals surface area contributed by atoms with Crippen molar-refractivity contribution >= 4 is 33.3 Å². The Morgan fingerprint density at radius 1 is 1.21 bits per heavy atom. The van der Waals surface area contributed by atoms with Gasteiger partial charge in [0.1, 0.15) is 0 Å². The average molecular weight is 396 g/mol. The summed E-state index contributed by atoms with van der Waals surface area (Å²) in [6.45, 7) is 1.12. The number of hydrogen-bond donors (Lipinski definition) is 1. The Labute approximate surface area is 147 Å². The first-order valence-electron chi connectivity index (χ1n) is 7.50. The molecule has 1 aliphatic heterocycles. The van der Waals surface area contributed by atoms with Crippen LogP contribution in [0.1, 0.15) is 6.42 Å². The molecule has 1 saturated heterocycles. The van der Waals surface area contributed by atoms with Gasteiger partial charge in [0, 0.05) is 29.3 Å². The van der Waals surface area contributed by atoms with E-state index in [0.717, 1.165) is 10.5 Å². The predicted molar refractivity (Wildman–Crippen MR) is 93.2 cm³/mol. The fraction of sp³-hybridized carbons (Fsp3) is 0.235. The molecule has 2 amide bonds. The van der Waals surface area contributed by atoms with Crippen LogP contribution in [0.15, 0.2) is 46.9 Å². The number of para-hydroxylation sites is 1. The van der Waals surface area contributed by atoms with E-state index < -0.39 is 17.7 Å². The molecule has 0 bridgehead atoms. The second-order valence-electron chi connectivity index (χ2n) is 5.65. The number of primary amides is 1. The Hall–Kier alpha value is -2.15. The van der Waals surface area contributed by atoms with Crippen LogP contribution in [0.4, 0.5) is 25.0 Å². The smallest absolute Gasteiger partial charge is 0.319 e. The van der Waals surface area contributed by atoms with Crippen molar-refractivity contribution in [3.8, 4) is 0 Å². The molecule has 1 aliphatic rings. The van der Waals surface area contributed by atoms with Crippen molar-refractivity contribution in [2.24, 2.45) is 5.73 Å². The maximum Gasteiger partial charge on any atom is 0.319 e. The summed E-state index contributed by atoms with van der Waals surface area (Å²) in [7, 11) is 0. The minimum Gasteiger partial charge on any atom is -0.369 e. The number of amides is 2. The van der Waals surface area contributed by atoms with Crippen molar-refractivity contribution in [3.63, 3.8) is 0 Å². The van der Waals surface area contributed by atoms with Crippen LogP contribution in [0.25, 0.3) is 0 Å². The number of rotatable bonds is 3. The normalized spacial score (nSPS) is 17.1. The third-order valence-electron chi connectivity index (χ3n) is 4.15. The van der Waals surface area contributed by atoms with Crippen molar-refractivity contribution in [3.05, 3.63) is 58.6 Å². The van der Waals surface area contributed by atoms with Crippen molar-refractivity contribution in [2.45, 2.75) is 12.5 Å². The number of hydrogen-bond acceptors (Lipinski definition) is 2. The monoisotopic (exact) mass is 395 g/mol. The molecule has 4 nitrogen and oxygen atoms in total. The van der Waals surface area contributed by atoms with Gasteiger partial charge >= 0.3 is 6.03 Å². The first-order valence-corrected chi connectivity index (χ1v) is 8.30. The zero-order chi connectivity index (χ0) is 17.3. The molecule has 1 fully saturated rings. The summed E-state index contributed by atoms with van der Waals surface area (Å²) < 4.78 is 27.3. The van der Waals surface area contributed by atoms with E-state index in [1.54, 1.807) is 4.90 Å². The largest absolute Gasteiger partial charge is 0.369 e. The van der Waals surface area contributed by atoms with Gasteiger partial charge in [-0.05, 0) is 46.6 Å². The van der Waals surface area contributed by atoms with Gasteiger partial charge in [-0.3, -0.25) is 4.90 Å². The van der Waals surface area contributed by atoms with E-state index in [0.29, 0.717) is 30.9 Å². The zero-order valence-corrected chi connectivity index (χ0v) is 14.3. The summed E-state index contributed by atoms with van der Waals surface area (Å²) >= 11 is 3.44. The first kappa shape index (κ1) is 16.7. The van der Waals surface area contributed by atoms with Crippen molar-refractivity contribution in [1.82, 2.24) is 0 Å². The van der Waals surface area contributed by atoms with Crippen LogP contribution < -0.4 is 15.5 Å². The molecular formula is C17H16BrF2N3O. The fourth-order valence-corrected chi connectivity index (χ4v) is 3.49. The third kappa shape index (κ3) is 3.21. The van der Waals surface area contributed by atoms with Crippen LogP contribution in [-0.2, 0) is 0 Å². The second-order valence-corrected chi connectivity index (χ2v) is 6.50. The molecule has 2 N–H and O–H groups in total. The Morgan fingerprint density at radius 2 is 1.96 bits per heavy atom. The Bertz CT molecular complexity index is 771. The molecule has 0 radical (unpaired) electrons. The number of anilines is 2. The fourth-order valence-electron chi connectivity index (χ4n) is 3.01. The van der Waals surface area contributed by atoms with Gasteiger partial charge in [-0.2, -0.15) is 0 Å². The molecule has 2 aromatic carbocycles. The summed E-state index contributed by atoms with van der Waals surface area (Å²) in [4.78, 5) is 15.4. The zero-order valence-electron chi connectivity index (χ0n) is 12.8. The molecule has 24 heavy (non-hydrogen) atoms. The molecule has 0 aliphatic carbocycles. The summed E-state index contributed by atoms with van der Waals surface area (Å²) in [6.07, 6.45) is 0.684. The van der Waals surface area contributed by atoms with E-state index in [9.17, 15) is 13.6 Å². The minimum absolute atomic E-state index is 0.144. The Morgan fingerprint density at radius 3 is 2.62 bits per heavy atom. The predicted octanol–water partition coefficient (Wildman–Crippen LogP) is 3.89. The lowest BCUT2D eigenvalue weighted by Gasteiger charge is -2.28. The van der Waals surface area contributed by atoms with E-state index in [1.165, 1.54) is 12.1 Å². The summed E-state index contributed by atoms with van der Waals surface area (Å²) in [5.74, 6) is -1.75. The molecular weight excluding hydrogens is 380 g/mol. The van der Waals surface area contributed by atoms with Crippen LogP contribution in [0.2, 0.25) is 0 Å². The van der Waals surface area contributed by atoms with E-state index in [1.807, 2.05) is 29.2 Å². The quantitative estimate of drug-likeness (QED) is 0.856. The van der Waals surface area contributed by atoms with Gasteiger partial charge in [0.25, 0.3) is 0 Å². The number of nitrogens with zero attached hydrogens (tertiary/aromatic N) is 2. The lowest BCUT2D eigenvalue weighted by Crippen LogP contribution is -2.45. The average Bonchev–Trinajstić information content (AvgIpc) is 3.01. The van der Waals surface area contributed by atoms with Gasteiger partial charge in [-0.25, -0.2) is 13.6 Å². The van der Waals surface area contributed by atoms with Gasteiger partial charge in [-0.1, -0.05) is 12.1 Å². The molecule has 1 heterocycles. The maximum atomic E-state index is 13.4. The lowest BCUT2D eigenvalue weighted by molar-refractivity contribution is 0.252. The highest BCUT2D eigenvalue weighted by molar-refractivity contribution is 9.10. The van der Waals surface area contributed by atoms with Gasteiger partial charge in [0.2, 0.25) is 0 Å². The molecule has 126 valence electrons. The van der Waals surface area contributed by atoms with Crippen LogP contribution in [0.5, 0.6) is 0 Å². The molecule has 2 aromatic rings. The third-order valence-corrected chi connectivity index (χ3v) is 4.82. The SMILES string of the molecule is NC(=O)N(c1ccccc1Br)[C@@H]1CCN(c2ccc(F)c(F)c2)C1. The minimum atomic E-state index is -0.881. The number of carbonyl (C=O) groups excluding carboxylic acids is 1. The molecule has 1 atom stereocenters. The summed E-state index contributed by atoms with van der Waals surface area (Å²) in [5, 5.41) is 0. The van der Waals surface area contributed by atoms with Gasteiger partial charge < -0.3 is 10.6 Å². The van der Waals surface area contributed by atoms with Gasteiger partial charge in [0.15, 0.2) is 11.6 Å². The van der Waals surface area contributed by atoms with Crippen LogP contribution in [-0.4, -0.2) is 25.2 Å².